The Balaban J connectivity index is 1.78. The van der Waals surface area contributed by atoms with E-state index >= 15 is 0 Å². The third-order valence-corrected chi connectivity index (χ3v) is 5.01. The minimum absolute atomic E-state index is 0.313. The third-order valence-electron chi connectivity index (χ3n) is 5.01. The van der Waals surface area contributed by atoms with Crippen LogP contribution in [0, 0.1) is 5.92 Å². The maximum absolute atomic E-state index is 12.1. The van der Waals surface area contributed by atoms with E-state index in [4.69, 9.17) is 4.74 Å². The third kappa shape index (κ3) is 5.07. The number of rotatable bonds is 7. The summed E-state index contributed by atoms with van der Waals surface area (Å²) in [5.74, 6) is 0.383. The van der Waals surface area contributed by atoms with Gasteiger partial charge in [-0.15, -0.1) is 0 Å². The van der Waals surface area contributed by atoms with Gasteiger partial charge in [-0.3, -0.25) is 4.98 Å². The number of ether oxygens (including phenoxy) is 1. The van der Waals surface area contributed by atoms with Crippen molar-refractivity contribution in [2.75, 3.05) is 11.9 Å². The molecule has 1 fully saturated rings. The molecule has 138 valence electrons. The summed E-state index contributed by atoms with van der Waals surface area (Å²) in [6, 6.07) is 12.2. The van der Waals surface area contributed by atoms with Gasteiger partial charge in [-0.05, 0) is 30.9 Å². The second kappa shape index (κ2) is 9.37. The maximum atomic E-state index is 12.1. The monoisotopic (exact) mass is 352 g/mol. The molecule has 1 saturated carbocycles. The van der Waals surface area contributed by atoms with Gasteiger partial charge in [0.2, 0.25) is 0 Å². The highest BCUT2D eigenvalue weighted by atomic mass is 16.5. The molecule has 1 N–H and O–H groups in total. The van der Waals surface area contributed by atoms with Crippen LogP contribution < -0.4 is 5.32 Å². The zero-order chi connectivity index (χ0) is 18.2. The minimum Gasteiger partial charge on any atom is -0.462 e. The lowest BCUT2D eigenvalue weighted by atomic mass is 9.85. The number of carbonyl (C=O) groups is 1. The summed E-state index contributed by atoms with van der Waals surface area (Å²) in [4.78, 5) is 16.7. The molecule has 0 radical (unpaired) electrons. The molecule has 0 amide bonds. The smallest absolute Gasteiger partial charge is 0.339 e. The van der Waals surface area contributed by atoms with Gasteiger partial charge in [0.1, 0.15) is 0 Å². The van der Waals surface area contributed by atoms with Crippen LogP contribution in [0.5, 0.6) is 0 Å². The van der Waals surface area contributed by atoms with Crippen LogP contribution in [0.1, 0.15) is 60.6 Å². The molecule has 3 rings (SSSR count). The van der Waals surface area contributed by atoms with Crippen LogP contribution in [-0.2, 0) is 17.7 Å². The van der Waals surface area contributed by atoms with Gasteiger partial charge in [0.25, 0.3) is 0 Å². The molecule has 1 aliphatic carbocycles. The van der Waals surface area contributed by atoms with E-state index in [1.165, 1.54) is 37.7 Å². The molecule has 1 aromatic carbocycles. The topological polar surface area (TPSA) is 51.2 Å². The lowest BCUT2D eigenvalue weighted by molar-refractivity contribution is 0.0526. The molecule has 4 heteroatoms. The van der Waals surface area contributed by atoms with E-state index in [1.807, 2.05) is 31.2 Å². The summed E-state index contributed by atoms with van der Waals surface area (Å²) in [7, 11) is 0. The highest BCUT2D eigenvalue weighted by Gasteiger charge is 2.18. The number of nitrogens with one attached hydrogen (secondary N) is 1. The number of nitrogens with zero attached hydrogens (tertiary/aromatic N) is 1. The fourth-order valence-corrected chi connectivity index (χ4v) is 3.59. The molecule has 1 aliphatic rings. The molecule has 26 heavy (non-hydrogen) atoms. The standard InChI is InChI=1S/C22H28N2O2/c1-2-26-22(25)19-14-21(23-15-18-11-7-4-8-12-18)20(24-16-19)13-17-9-5-3-6-10-17/h4,7-8,11-12,14,16-17,23H,2-3,5-6,9-10,13,15H2,1H3. The molecule has 0 atom stereocenters. The lowest BCUT2D eigenvalue weighted by Gasteiger charge is -2.22. The first-order valence-electron chi connectivity index (χ1n) is 9.70. The summed E-state index contributed by atoms with van der Waals surface area (Å²) in [6.07, 6.45) is 9.17. The van der Waals surface area contributed by atoms with Gasteiger partial charge < -0.3 is 10.1 Å². The van der Waals surface area contributed by atoms with E-state index in [1.54, 1.807) is 6.20 Å². The lowest BCUT2D eigenvalue weighted by Crippen LogP contribution is -2.14. The normalized spacial score (nSPS) is 14.8. The first-order chi connectivity index (χ1) is 12.8. The predicted octanol–water partition coefficient (Wildman–Crippen LogP) is 4.99. The highest BCUT2D eigenvalue weighted by molar-refractivity contribution is 5.90. The number of hydrogen-bond donors (Lipinski definition) is 1. The van der Waals surface area contributed by atoms with E-state index in [-0.39, 0.29) is 5.97 Å². The largest absolute Gasteiger partial charge is 0.462 e. The average molecular weight is 352 g/mol. The number of aromatic nitrogens is 1. The van der Waals surface area contributed by atoms with E-state index in [2.05, 4.69) is 22.4 Å². The Bertz CT molecular complexity index is 709. The highest BCUT2D eigenvalue weighted by Crippen LogP contribution is 2.29. The van der Waals surface area contributed by atoms with Crippen LogP contribution in [0.15, 0.2) is 42.6 Å². The van der Waals surface area contributed by atoms with Crippen molar-refractivity contribution < 1.29 is 9.53 Å². The molecule has 0 bridgehead atoms. The summed E-state index contributed by atoms with van der Waals surface area (Å²) in [6.45, 7) is 2.90. The zero-order valence-electron chi connectivity index (χ0n) is 15.5. The van der Waals surface area contributed by atoms with Crippen molar-refractivity contribution in [3.8, 4) is 0 Å². The van der Waals surface area contributed by atoms with Crippen LogP contribution in [0.4, 0.5) is 5.69 Å². The molecule has 1 heterocycles. The molecule has 0 spiro atoms. The van der Waals surface area contributed by atoms with Crippen molar-refractivity contribution >= 4 is 11.7 Å². The minimum atomic E-state index is -0.313. The Hall–Kier alpha value is -2.36. The Morgan fingerprint density at radius 3 is 2.69 bits per heavy atom. The first kappa shape index (κ1) is 18.4. The van der Waals surface area contributed by atoms with Crippen molar-refractivity contribution in [1.29, 1.82) is 0 Å². The number of benzene rings is 1. The number of carbonyl (C=O) groups excluding carboxylic acids is 1. The quantitative estimate of drug-likeness (QED) is 0.713. The van der Waals surface area contributed by atoms with Crippen LogP contribution >= 0.6 is 0 Å². The second-order valence-electron chi connectivity index (χ2n) is 6.99. The van der Waals surface area contributed by atoms with Crippen LogP contribution in [0.2, 0.25) is 0 Å². The summed E-state index contributed by atoms with van der Waals surface area (Å²) in [5.41, 5.74) is 3.72. The van der Waals surface area contributed by atoms with Crippen molar-refractivity contribution in [1.82, 2.24) is 4.98 Å². The van der Waals surface area contributed by atoms with Gasteiger partial charge in [-0.25, -0.2) is 4.79 Å². The van der Waals surface area contributed by atoms with Gasteiger partial charge in [0.05, 0.1) is 23.6 Å². The molecular weight excluding hydrogens is 324 g/mol. The fourth-order valence-electron chi connectivity index (χ4n) is 3.59. The fraction of sp³-hybridized carbons (Fsp3) is 0.455. The Labute approximate surface area is 156 Å². The molecule has 1 aromatic heterocycles. The van der Waals surface area contributed by atoms with Gasteiger partial charge in [0, 0.05) is 12.7 Å². The molecule has 0 unspecified atom stereocenters. The number of esters is 1. The van der Waals surface area contributed by atoms with Crippen LogP contribution in [-0.4, -0.2) is 17.6 Å². The van der Waals surface area contributed by atoms with Gasteiger partial charge in [0.15, 0.2) is 0 Å². The Kier molecular flexibility index (Phi) is 6.64. The summed E-state index contributed by atoms with van der Waals surface area (Å²) < 4.78 is 5.13. The first-order valence-corrected chi connectivity index (χ1v) is 9.70. The van der Waals surface area contributed by atoms with Crippen molar-refractivity contribution in [2.45, 2.75) is 52.0 Å². The van der Waals surface area contributed by atoms with Gasteiger partial charge in [-0.1, -0.05) is 62.4 Å². The Morgan fingerprint density at radius 2 is 1.96 bits per heavy atom. The van der Waals surface area contributed by atoms with Crippen molar-refractivity contribution in [3.05, 3.63) is 59.4 Å². The molecule has 4 nitrogen and oxygen atoms in total. The summed E-state index contributed by atoms with van der Waals surface area (Å²) in [5, 5.41) is 3.49. The van der Waals surface area contributed by atoms with E-state index in [9.17, 15) is 4.79 Å². The van der Waals surface area contributed by atoms with Crippen LogP contribution in [0.25, 0.3) is 0 Å². The number of anilines is 1. The number of pyridine rings is 1. The molecule has 0 saturated heterocycles. The van der Waals surface area contributed by atoms with E-state index in [0.717, 1.165) is 17.8 Å². The maximum Gasteiger partial charge on any atom is 0.339 e. The van der Waals surface area contributed by atoms with Crippen LogP contribution in [0.3, 0.4) is 0 Å². The average Bonchev–Trinajstić information content (AvgIpc) is 2.69. The zero-order valence-corrected chi connectivity index (χ0v) is 15.5. The van der Waals surface area contributed by atoms with Crippen molar-refractivity contribution in [3.63, 3.8) is 0 Å². The Morgan fingerprint density at radius 1 is 1.19 bits per heavy atom. The molecule has 2 aromatic rings. The molecule has 0 aliphatic heterocycles. The molecular formula is C22H28N2O2. The summed E-state index contributed by atoms with van der Waals surface area (Å²) >= 11 is 0. The van der Waals surface area contributed by atoms with Gasteiger partial charge in [-0.2, -0.15) is 0 Å². The second-order valence-corrected chi connectivity index (χ2v) is 6.99. The van der Waals surface area contributed by atoms with Crippen molar-refractivity contribution in [2.24, 2.45) is 5.92 Å². The van der Waals surface area contributed by atoms with Gasteiger partial charge >= 0.3 is 5.97 Å². The number of hydrogen-bond acceptors (Lipinski definition) is 4. The SMILES string of the molecule is CCOC(=O)c1cnc(CC2CCCCC2)c(NCc2ccccc2)c1. The van der Waals surface area contributed by atoms with E-state index < -0.39 is 0 Å². The van der Waals surface area contributed by atoms with E-state index in [0.29, 0.717) is 24.6 Å². The predicted molar refractivity (Wildman–Crippen MR) is 104 cm³/mol.